The molecule has 0 bridgehead atoms. The molecule has 1 aliphatic carbocycles. The predicted octanol–water partition coefficient (Wildman–Crippen LogP) is 5.39. The summed E-state index contributed by atoms with van der Waals surface area (Å²) in [5.74, 6) is 1.28. The van der Waals surface area contributed by atoms with Crippen LogP contribution in [0.1, 0.15) is 60.3 Å². The standard InChI is InChI=1S/C23H40N2/c1-7-25-20(4)21(17-24)13-9-8-11-18(2)12-10-16-23(5,6)22-15-14-19(22)3/h8,10-12,14,20-22,25H,2,7,9,13,15-17,24H2,1,3-6H3/b11-8+,12-10-. The number of allylic oxidation sites excluding steroid dienone is 7. The van der Waals surface area contributed by atoms with Crippen LogP contribution in [0.4, 0.5) is 0 Å². The van der Waals surface area contributed by atoms with E-state index in [0.717, 1.165) is 43.8 Å². The molecule has 0 radical (unpaired) electrons. The van der Waals surface area contributed by atoms with Gasteiger partial charge < -0.3 is 11.1 Å². The van der Waals surface area contributed by atoms with E-state index >= 15 is 0 Å². The molecule has 0 saturated heterocycles. The molecule has 0 aromatic heterocycles. The number of hydrogen-bond acceptors (Lipinski definition) is 2. The quantitative estimate of drug-likeness (QED) is 0.368. The highest BCUT2D eigenvalue weighted by Gasteiger charge is 2.32. The summed E-state index contributed by atoms with van der Waals surface area (Å²) in [5, 5.41) is 3.47. The molecular formula is C23H40N2. The van der Waals surface area contributed by atoms with Gasteiger partial charge in [0, 0.05) is 6.04 Å². The maximum Gasteiger partial charge on any atom is 0.00790 e. The summed E-state index contributed by atoms with van der Waals surface area (Å²) in [6.07, 6.45) is 15.7. The van der Waals surface area contributed by atoms with Gasteiger partial charge in [0.05, 0.1) is 0 Å². The second-order valence-corrected chi connectivity index (χ2v) is 8.23. The van der Waals surface area contributed by atoms with Gasteiger partial charge in [-0.25, -0.2) is 0 Å². The van der Waals surface area contributed by atoms with Gasteiger partial charge >= 0.3 is 0 Å². The maximum atomic E-state index is 5.91. The SMILES string of the molecule is C=C(/C=C\CC(C)(C)C1CC=C1C)/C=C/CCC(CN)C(C)NCC. The molecule has 1 rings (SSSR count). The van der Waals surface area contributed by atoms with Crippen LogP contribution in [0.15, 0.2) is 48.1 Å². The van der Waals surface area contributed by atoms with E-state index in [-0.39, 0.29) is 0 Å². The Labute approximate surface area is 156 Å². The molecule has 0 heterocycles. The summed E-state index contributed by atoms with van der Waals surface area (Å²) in [7, 11) is 0. The third-order valence-electron chi connectivity index (χ3n) is 5.72. The first-order valence-electron chi connectivity index (χ1n) is 9.93. The number of nitrogens with two attached hydrogens (primary N) is 1. The van der Waals surface area contributed by atoms with E-state index in [4.69, 9.17) is 5.73 Å². The van der Waals surface area contributed by atoms with Gasteiger partial charge in [0.15, 0.2) is 0 Å². The maximum absolute atomic E-state index is 5.91. The Morgan fingerprint density at radius 1 is 1.40 bits per heavy atom. The van der Waals surface area contributed by atoms with Crippen LogP contribution in [0.3, 0.4) is 0 Å². The smallest absolute Gasteiger partial charge is 0.00790 e. The number of rotatable bonds is 12. The van der Waals surface area contributed by atoms with Crippen LogP contribution in [-0.2, 0) is 0 Å². The van der Waals surface area contributed by atoms with Gasteiger partial charge in [-0.15, -0.1) is 0 Å². The van der Waals surface area contributed by atoms with Gasteiger partial charge in [-0.05, 0) is 75.4 Å². The van der Waals surface area contributed by atoms with Crippen molar-refractivity contribution in [3.63, 3.8) is 0 Å². The molecule has 0 amide bonds. The van der Waals surface area contributed by atoms with Gasteiger partial charge in [0.2, 0.25) is 0 Å². The predicted molar refractivity (Wildman–Crippen MR) is 113 cm³/mol. The summed E-state index contributed by atoms with van der Waals surface area (Å²) >= 11 is 0. The van der Waals surface area contributed by atoms with Crippen molar-refractivity contribution in [2.24, 2.45) is 23.0 Å². The van der Waals surface area contributed by atoms with Crippen molar-refractivity contribution in [2.75, 3.05) is 13.1 Å². The van der Waals surface area contributed by atoms with Crippen molar-refractivity contribution >= 4 is 0 Å². The highest BCUT2D eigenvalue weighted by molar-refractivity contribution is 5.28. The lowest BCUT2D eigenvalue weighted by atomic mass is 9.66. The lowest BCUT2D eigenvalue weighted by molar-refractivity contribution is 0.231. The van der Waals surface area contributed by atoms with Gasteiger partial charge in [-0.3, -0.25) is 0 Å². The van der Waals surface area contributed by atoms with Crippen molar-refractivity contribution in [2.45, 2.75) is 66.3 Å². The van der Waals surface area contributed by atoms with Crippen LogP contribution < -0.4 is 11.1 Å². The molecule has 0 aromatic rings. The van der Waals surface area contributed by atoms with E-state index in [1.54, 1.807) is 5.57 Å². The Balaban J connectivity index is 2.33. The Hall–Kier alpha value is -1.12. The summed E-state index contributed by atoms with van der Waals surface area (Å²) in [5.41, 5.74) is 8.89. The zero-order chi connectivity index (χ0) is 18.9. The molecule has 0 fully saturated rings. The van der Waals surface area contributed by atoms with Crippen LogP contribution >= 0.6 is 0 Å². The van der Waals surface area contributed by atoms with Crippen molar-refractivity contribution in [3.8, 4) is 0 Å². The molecule has 1 aliphatic rings. The van der Waals surface area contributed by atoms with Gasteiger partial charge in [0.25, 0.3) is 0 Å². The van der Waals surface area contributed by atoms with Crippen LogP contribution in [0.2, 0.25) is 0 Å². The van der Waals surface area contributed by atoms with Crippen molar-refractivity contribution in [1.82, 2.24) is 5.32 Å². The summed E-state index contributed by atoms with van der Waals surface area (Å²) in [6.45, 7) is 17.3. The molecule has 0 aromatic carbocycles. The van der Waals surface area contributed by atoms with Gasteiger partial charge in [-0.2, -0.15) is 0 Å². The van der Waals surface area contributed by atoms with Crippen molar-refractivity contribution in [1.29, 1.82) is 0 Å². The fourth-order valence-corrected chi connectivity index (χ4v) is 3.72. The zero-order valence-corrected chi connectivity index (χ0v) is 17.1. The van der Waals surface area contributed by atoms with Gasteiger partial charge in [-0.1, -0.05) is 63.3 Å². The molecule has 0 spiro atoms. The van der Waals surface area contributed by atoms with Crippen molar-refractivity contribution in [3.05, 3.63) is 48.1 Å². The molecule has 142 valence electrons. The fourth-order valence-electron chi connectivity index (χ4n) is 3.72. The Morgan fingerprint density at radius 2 is 2.08 bits per heavy atom. The van der Waals surface area contributed by atoms with Crippen LogP contribution in [0.25, 0.3) is 0 Å². The molecule has 0 aliphatic heterocycles. The summed E-state index contributed by atoms with van der Waals surface area (Å²) in [6, 6.07) is 0.484. The van der Waals surface area contributed by atoms with Crippen LogP contribution in [0.5, 0.6) is 0 Å². The molecule has 2 heteroatoms. The minimum Gasteiger partial charge on any atom is -0.330 e. The third-order valence-corrected chi connectivity index (χ3v) is 5.72. The zero-order valence-electron chi connectivity index (χ0n) is 17.1. The summed E-state index contributed by atoms with van der Waals surface area (Å²) in [4.78, 5) is 0. The molecule has 2 nitrogen and oxygen atoms in total. The third kappa shape index (κ3) is 7.33. The Morgan fingerprint density at radius 3 is 2.60 bits per heavy atom. The number of hydrogen-bond donors (Lipinski definition) is 2. The van der Waals surface area contributed by atoms with E-state index in [9.17, 15) is 0 Å². The van der Waals surface area contributed by atoms with E-state index in [0.29, 0.717) is 17.4 Å². The monoisotopic (exact) mass is 344 g/mol. The molecular weight excluding hydrogens is 304 g/mol. The van der Waals surface area contributed by atoms with Crippen LogP contribution in [0, 0.1) is 17.3 Å². The molecule has 0 saturated carbocycles. The van der Waals surface area contributed by atoms with E-state index in [2.05, 4.69) is 76.9 Å². The van der Waals surface area contributed by atoms with E-state index in [1.807, 2.05) is 0 Å². The van der Waals surface area contributed by atoms with E-state index < -0.39 is 0 Å². The fraction of sp³-hybridized carbons (Fsp3) is 0.652. The lowest BCUT2D eigenvalue weighted by Gasteiger charge is -2.39. The largest absolute Gasteiger partial charge is 0.330 e. The topological polar surface area (TPSA) is 38.0 Å². The van der Waals surface area contributed by atoms with Gasteiger partial charge in [0.1, 0.15) is 0 Å². The lowest BCUT2D eigenvalue weighted by Crippen LogP contribution is -2.37. The second kappa shape index (κ2) is 10.8. The molecule has 3 N–H and O–H groups in total. The average Bonchev–Trinajstić information content (AvgIpc) is 2.52. The Bertz CT molecular complexity index is 496. The minimum atomic E-state index is 0.343. The molecule has 3 unspecified atom stereocenters. The van der Waals surface area contributed by atoms with Crippen LogP contribution in [-0.4, -0.2) is 19.1 Å². The van der Waals surface area contributed by atoms with E-state index in [1.165, 1.54) is 6.42 Å². The summed E-state index contributed by atoms with van der Waals surface area (Å²) < 4.78 is 0. The molecule has 25 heavy (non-hydrogen) atoms. The first kappa shape index (κ1) is 21.9. The second-order valence-electron chi connectivity index (χ2n) is 8.23. The normalized spacial score (nSPS) is 20.6. The first-order valence-corrected chi connectivity index (χ1v) is 9.93. The number of nitrogens with one attached hydrogen (secondary N) is 1. The highest BCUT2D eigenvalue weighted by atomic mass is 14.9. The van der Waals surface area contributed by atoms with Crippen molar-refractivity contribution < 1.29 is 0 Å². The first-order chi connectivity index (χ1) is 11.8. The highest BCUT2D eigenvalue weighted by Crippen LogP contribution is 2.43. The Kier molecular flexibility index (Phi) is 9.45. The minimum absolute atomic E-state index is 0.343. The average molecular weight is 345 g/mol. The molecule has 3 atom stereocenters.